The van der Waals surface area contributed by atoms with Crippen molar-refractivity contribution in [2.45, 2.75) is 53.1 Å². The van der Waals surface area contributed by atoms with Gasteiger partial charge in [0, 0.05) is 58.4 Å². The summed E-state index contributed by atoms with van der Waals surface area (Å²) in [6.45, 7) is 19.3. The van der Waals surface area contributed by atoms with Gasteiger partial charge in [0.15, 0.2) is 5.96 Å². The first-order valence-corrected chi connectivity index (χ1v) is 9.94. The Bertz CT molecular complexity index is 365. The fourth-order valence-corrected chi connectivity index (χ4v) is 3.36. The van der Waals surface area contributed by atoms with E-state index in [1.54, 1.807) is 0 Å². The normalized spacial score (nSPS) is 17.5. The van der Waals surface area contributed by atoms with Crippen LogP contribution in [-0.4, -0.2) is 87.4 Å². The second kappa shape index (κ2) is 14.9. The molecule has 0 aromatic heterocycles. The van der Waals surface area contributed by atoms with E-state index in [9.17, 15) is 0 Å². The lowest BCUT2D eigenvalue weighted by Gasteiger charge is -2.30. The quantitative estimate of drug-likeness (QED) is 0.216. The lowest BCUT2D eigenvalue weighted by Crippen LogP contribution is -2.44. The summed E-state index contributed by atoms with van der Waals surface area (Å²) in [6, 6.07) is 1.19. The topological polar surface area (TPSA) is 52.1 Å². The number of morpholine rings is 1. The molecule has 0 radical (unpaired) electrons. The largest absolute Gasteiger partial charge is 0.379 e. The number of nitrogens with zero attached hydrogens (tertiary/aromatic N) is 3. The number of ether oxygens (including phenoxy) is 1. The van der Waals surface area contributed by atoms with E-state index >= 15 is 0 Å². The number of nitrogens with one attached hydrogen (secondary N) is 2. The monoisotopic (exact) mass is 483 g/mol. The Morgan fingerprint density at radius 2 is 1.69 bits per heavy atom. The molecule has 1 rings (SSSR count). The van der Waals surface area contributed by atoms with Crippen LogP contribution in [0, 0.1) is 5.92 Å². The predicted octanol–water partition coefficient (Wildman–Crippen LogP) is 2.25. The molecule has 2 N–H and O–H groups in total. The molecule has 1 saturated heterocycles. The highest BCUT2D eigenvalue weighted by molar-refractivity contribution is 14.0. The third kappa shape index (κ3) is 10.9. The molecule has 0 aliphatic carbocycles. The minimum Gasteiger partial charge on any atom is -0.379 e. The van der Waals surface area contributed by atoms with Crippen LogP contribution in [0.4, 0.5) is 0 Å². The van der Waals surface area contributed by atoms with Crippen LogP contribution in [0.5, 0.6) is 0 Å². The van der Waals surface area contributed by atoms with Gasteiger partial charge in [0.1, 0.15) is 0 Å². The van der Waals surface area contributed by atoms with E-state index in [1.165, 1.54) is 0 Å². The van der Waals surface area contributed by atoms with Gasteiger partial charge < -0.3 is 15.4 Å². The highest BCUT2D eigenvalue weighted by Gasteiger charge is 2.14. The summed E-state index contributed by atoms with van der Waals surface area (Å²) in [6.07, 6.45) is 1.13. The third-order valence-electron chi connectivity index (χ3n) is 4.73. The molecule has 0 aromatic carbocycles. The first-order chi connectivity index (χ1) is 11.9. The summed E-state index contributed by atoms with van der Waals surface area (Å²) in [5.74, 6) is 1.50. The Labute approximate surface area is 178 Å². The van der Waals surface area contributed by atoms with E-state index in [-0.39, 0.29) is 24.0 Å². The summed E-state index contributed by atoms with van der Waals surface area (Å²) >= 11 is 0. The van der Waals surface area contributed by atoms with Crippen LogP contribution >= 0.6 is 24.0 Å². The van der Waals surface area contributed by atoms with Crippen molar-refractivity contribution in [1.82, 2.24) is 20.4 Å². The molecule has 0 saturated carbocycles. The van der Waals surface area contributed by atoms with Crippen molar-refractivity contribution in [3.8, 4) is 0 Å². The molecule has 1 aliphatic rings. The molecule has 1 aliphatic heterocycles. The average molecular weight is 483 g/mol. The maximum Gasteiger partial charge on any atom is 0.190 e. The van der Waals surface area contributed by atoms with Crippen molar-refractivity contribution in [3.05, 3.63) is 0 Å². The number of halogens is 1. The van der Waals surface area contributed by atoms with Gasteiger partial charge in [0.25, 0.3) is 0 Å². The van der Waals surface area contributed by atoms with Crippen molar-refractivity contribution in [2.24, 2.45) is 10.9 Å². The lowest BCUT2D eigenvalue weighted by atomic mass is 10.1. The average Bonchev–Trinajstić information content (AvgIpc) is 2.57. The minimum atomic E-state index is 0. The van der Waals surface area contributed by atoms with Crippen molar-refractivity contribution in [3.63, 3.8) is 0 Å². The smallest absolute Gasteiger partial charge is 0.190 e. The van der Waals surface area contributed by atoms with E-state index in [1.807, 2.05) is 7.05 Å². The van der Waals surface area contributed by atoms with E-state index in [0.29, 0.717) is 18.0 Å². The second-order valence-electron chi connectivity index (χ2n) is 7.68. The molecule has 0 bridgehead atoms. The Kier molecular flexibility index (Phi) is 14.8. The molecule has 156 valence electrons. The van der Waals surface area contributed by atoms with Crippen LogP contribution in [0.2, 0.25) is 0 Å². The van der Waals surface area contributed by atoms with Gasteiger partial charge in [-0.05, 0) is 40.0 Å². The summed E-state index contributed by atoms with van der Waals surface area (Å²) in [4.78, 5) is 9.36. The third-order valence-corrected chi connectivity index (χ3v) is 4.73. The van der Waals surface area contributed by atoms with E-state index in [2.05, 4.69) is 60.0 Å². The first kappa shape index (κ1) is 25.9. The number of guanidine groups is 1. The van der Waals surface area contributed by atoms with E-state index in [4.69, 9.17) is 4.74 Å². The molecule has 7 heteroatoms. The Hall–Kier alpha value is -0.120. The highest BCUT2D eigenvalue weighted by atomic mass is 127. The van der Waals surface area contributed by atoms with Crippen molar-refractivity contribution < 1.29 is 4.74 Å². The zero-order valence-corrected chi connectivity index (χ0v) is 20.1. The number of rotatable bonds is 10. The zero-order chi connectivity index (χ0) is 18.7. The number of hydrogen-bond acceptors (Lipinski definition) is 4. The van der Waals surface area contributed by atoms with Gasteiger partial charge in [0.05, 0.1) is 13.2 Å². The predicted molar refractivity (Wildman–Crippen MR) is 123 cm³/mol. The molecule has 1 fully saturated rings. The molecule has 6 nitrogen and oxygen atoms in total. The molecule has 0 amide bonds. The Morgan fingerprint density at radius 1 is 1.08 bits per heavy atom. The standard InChI is InChI=1S/C19H41N5O.HI/c1-16(2)24(17(3)4)9-7-8-21-19(20-6)22-14-18(5)15-23-10-12-25-13-11-23;/h16-18H,7-15H2,1-6H3,(H2,20,21,22);1H. The molecule has 1 heterocycles. The van der Waals surface area contributed by atoms with Gasteiger partial charge in [-0.3, -0.25) is 14.8 Å². The molecular weight excluding hydrogens is 441 g/mol. The van der Waals surface area contributed by atoms with Crippen LogP contribution in [0.15, 0.2) is 4.99 Å². The van der Waals surface area contributed by atoms with Gasteiger partial charge in [-0.2, -0.15) is 0 Å². The highest BCUT2D eigenvalue weighted by Crippen LogP contribution is 2.05. The summed E-state index contributed by atoms with van der Waals surface area (Å²) in [5, 5.41) is 6.90. The van der Waals surface area contributed by atoms with Crippen molar-refractivity contribution >= 4 is 29.9 Å². The van der Waals surface area contributed by atoms with E-state index in [0.717, 1.165) is 64.9 Å². The van der Waals surface area contributed by atoms with Crippen LogP contribution in [0.1, 0.15) is 41.0 Å². The first-order valence-electron chi connectivity index (χ1n) is 9.94. The summed E-state index contributed by atoms with van der Waals surface area (Å²) in [7, 11) is 1.84. The van der Waals surface area contributed by atoms with Crippen molar-refractivity contribution in [2.75, 3.05) is 59.5 Å². The number of aliphatic imine (C=N–C) groups is 1. The van der Waals surface area contributed by atoms with Crippen LogP contribution < -0.4 is 10.6 Å². The SMILES string of the molecule is CN=C(NCCCN(C(C)C)C(C)C)NCC(C)CN1CCOCC1.I. The lowest BCUT2D eigenvalue weighted by molar-refractivity contribution is 0.0320. The van der Waals surface area contributed by atoms with Crippen molar-refractivity contribution in [1.29, 1.82) is 0 Å². The van der Waals surface area contributed by atoms with Gasteiger partial charge >= 0.3 is 0 Å². The second-order valence-corrected chi connectivity index (χ2v) is 7.68. The Balaban J connectivity index is 0.00000625. The fraction of sp³-hybridized carbons (Fsp3) is 0.947. The van der Waals surface area contributed by atoms with Gasteiger partial charge in [-0.25, -0.2) is 0 Å². The van der Waals surface area contributed by atoms with Crippen LogP contribution in [-0.2, 0) is 4.74 Å². The van der Waals surface area contributed by atoms with Crippen LogP contribution in [0.3, 0.4) is 0 Å². The molecule has 0 spiro atoms. The van der Waals surface area contributed by atoms with Gasteiger partial charge in [-0.15, -0.1) is 24.0 Å². The molecular formula is C19H42IN5O. The number of hydrogen-bond donors (Lipinski definition) is 2. The molecule has 1 unspecified atom stereocenters. The molecule has 1 atom stereocenters. The summed E-state index contributed by atoms with van der Waals surface area (Å²) in [5.41, 5.74) is 0. The van der Waals surface area contributed by atoms with Crippen LogP contribution in [0.25, 0.3) is 0 Å². The Morgan fingerprint density at radius 3 is 2.23 bits per heavy atom. The maximum absolute atomic E-state index is 5.41. The maximum atomic E-state index is 5.41. The minimum absolute atomic E-state index is 0. The van der Waals surface area contributed by atoms with Gasteiger partial charge in [0.2, 0.25) is 0 Å². The van der Waals surface area contributed by atoms with Gasteiger partial charge in [-0.1, -0.05) is 6.92 Å². The molecule has 0 aromatic rings. The molecule has 26 heavy (non-hydrogen) atoms. The summed E-state index contributed by atoms with van der Waals surface area (Å²) < 4.78 is 5.41. The van der Waals surface area contributed by atoms with E-state index < -0.39 is 0 Å². The fourth-order valence-electron chi connectivity index (χ4n) is 3.36. The zero-order valence-electron chi connectivity index (χ0n) is 17.8.